The van der Waals surface area contributed by atoms with E-state index < -0.39 is 6.10 Å². The van der Waals surface area contributed by atoms with Gasteiger partial charge in [-0.05, 0) is 60.5 Å². The molecule has 1 N–H and O–H groups in total. The molecule has 5 nitrogen and oxygen atoms in total. The van der Waals surface area contributed by atoms with Crippen LogP contribution in [-0.4, -0.2) is 59.7 Å². The molecule has 0 bridgehead atoms. The minimum atomic E-state index is -0.449. The van der Waals surface area contributed by atoms with Gasteiger partial charge in [0.2, 0.25) is 5.91 Å². The molecule has 1 aromatic carbocycles. The molecule has 0 aliphatic carbocycles. The normalized spacial score (nSPS) is 17.3. The van der Waals surface area contributed by atoms with Gasteiger partial charge in [0.1, 0.15) is 12.4 Å². The number of thiophene rings is 1. The van der Waals surface area contributed by atoms with Crippen LogP contribution in [0.3, 0.4) is 0 Å². The molecular formula is C24H34N2O3S. The number of aliphatic hydroxyl groups excluding tert-OH is 1. The Morgan fingerprint density at radius 1 is 1.27 bits per heavy atom. The monoisotopic (exact) mass is 430 g/mol. The third kappa shape index (κ3) is 5.62. The Morgan fingerprint density at radius 3 is 2.63 bits per heavy atom. The van der Waals surface area contributed by atoms with Crippen molar-refractivity contribution in [3.05, 3.63) is 51.7 Å². The molecule has 164 valence electrons. The molecule has 1 aliphatic rings. The van der Waals surface area contributed by atoms with Crippen LogP contribution in [0.5, 0.6) is 5.75 Å². The van der Waals surface area contributed by atoms with Crippen molar-refractivity contribution < 1.29 is 14.6 Å². The number of carbonyl (C=O) groups is 1. The number of aliphatic hydroxyl groups is 1. The summed E-state index contributed by atoms with van der Waals surface area (Å²) in [6, 6.07) is 10.3. The lowest BCUT2D eigenvalue weighted by molar-refractivity contribution is -0.136. The molecule has 1 amide bonds. The third-order valence-electron chi connectivity index (χ3n) is 5.70. The summed E-state index contributed by atoms with van der Waals surface area (Å²) < 4.78 is 6.14. The predicted octanol–water partition coefficient (Wildman–Crippen LogP) is 4.08. The molecular weight excluding hydrogens is 396 g/mol. The van der Waals surface area contributed by atoms with Gasteiger partial charge in [-0.25, -0.2) is 0 Å². The van der Waals surface area contributed by atoms with Gasteiger partial charge in [-0.2, -0.15) is 0 Å². The molecule has 6 heteroatoms. The standard InChI is InChI=1S/C24H34N2O3S/c1-5-25(14-18(4)27)15-24(28)26-12-10-23-21(11-13-30-23)22(26)16-29-20-8-6-19(7-9-20)17(2)3/h6-9,11,13,17-18,22,27H,5,10,12,14-16H2,1-4H3/t18-,22-/m1/s1. The summed E-state index contributed by atoms with van der Waals surface area (Å²) in [7, 11) is 0. The molecule has 0 saturated heterocycles. The molecule has 0 radical (unpaired) electrons. The second-order valence-electron chi connectivity index (χ2n) is 8.36. The lowest BCUT2D eigenvalue weighted by Gasteiger charge is -2.37. The first-order valence-corrected chi connectivity index (χ1v) is 11.8. The Hall–Kier alpha value is -1.89. The average Bonchev–Trinajstić information content (AvgIpc) is 3.20. The summed E-state index contributed by atoms with van der Waals surface area (Å²) in [5.41, 5.74) is 2.49. The maximum Gasteiger partial charge on any atom is 0.237 e. The van der Waals surface area contributed by atoms with Gasteiger partial charge >= 0.3 is 0 Å². The van der Waals surface area contributed by atoms with Crippen LogP contribution >= 0.6 is 11.3 Å². The number of rotatable bonds is 9. The van der Waals surface area contributed by atoms with E-state index in [1.807, 2.05) is 28.9 Å². The van der Waals surface area contributed by atoms with Gasteiger partial charge in [-0.3, -0.25) is 9.69 Å². The van der Waals surface area contributed by atoms with E-state index >= 15 is 0 Å². The van der Waals surface area contributed by atoms with Crippen molar-refractivity contribution in [2.24, 2.45) is 0 Å². The first kappa shape index (κ1) is 22.8. The number of hydrogen-bond acceptors (Lipinski definition) is 5. The maximum atomic E-state index is 13.2. The van der Waals surface area contributed by atoms with Gasteiger partial charge < -0.3 is 14.7 Å². The van der Waals surface area contributed by atoms with E-state index in [0.717, 1.165) is 18.7 Å². The van der Waals surface area contributed by atoms with E-state index in [4.69, 9.17) is 4.74 Å². The Morgan fingerprint density at radius 2 is 2.00 bits per heavy atom. The lowest BCUT2D eigenvalue weighted by Crippen LogP contribution is -2.47. The van der Waals surface area contributed by atoms with Crippen molar-refractivity contribution in [2.45, 2.75) is 52.2 Å². The van der Waals surface area contributed by atoms with Crippen LogP contribution in [0.2, 0.25) is 0 Å². The lowest BCUT2D eigenvalue weighted by atomic mass is 10.00. The summed E-state index contributed by atoms with van der Waals surface area (Å²) in [4.78, 5) is 18.5. The average molecular weight is 431 g/mol. The zero-order valence-electron chi connectivity index (χ0n) is 18.5. The van der Waals surface area contributed by atoms with Gasteiger partial charge in [0.25, 0.3) is 0 Å². The highest BCUT2D eigenvalue weighted by atomic mass is 32.1. The number of likely N-dealkylation sites (N-methyl/N-ethyl adjacent to an activating group) is 1. The van der Waals surface area contributed by atoms with E-state index in [1.54, 1.807) is 18.3 Å². The number of amides is 1. The van der Waals surface area contributed by atoms with Gasteiger partial charge in [-0.15, -0.1) is 11.3 Å². The van der Waals surface area contributed by atoms with Crippen LogP contribution in [0.15, 0.2) is 35.7 Å². The van der Waals surface area contributed by atoms with Crippen molar-refractivity contribution in [3.8, 4) is 5.75 Å². The molecule has 0 spiro atoms. The van der Waals surface area contributed by atoms with E-state index in [2.05, 4.69) is 37.4 Å². The van der Waals surface area contributed by atoms with Crippen LogP contribution in [0.4, 0.5) is 0 Å². The van der Waals surface area contributed by atoms with E-state index in [0.29, 0.717) is 32.2 Å². The zero-order chi connectivity index (χ0) is 21.7. The van der Waals surface area contributed by atoms with Crippen LogP contribution in [-0.2, 0) is 11.2 Å². The third-order valence-corrected chi connectivity index (χ3v) is 6.69. The topological polar surface area (TPSA) is 53.0 Å². The SMILES string of the molecule is CCN(CC(=O)N1CCc2sccc2[C@H]1COc1ccc(C(C)C)cc1)C[C@@H](C)O. The van der Waals surface area contributed by atoms with Crippen molar-refractivity contribution in [1.29, 1.82) is 0 Å². The van der Waals surface area contributed by atoms with Gasteiger partial charge in [0.15, 0.2) is 0 Å². The quantitative estimate of drug-likeness (QED) is 0.651. The fraction of sp³-hybridized carbons (Fsp3) is 0.542. The number of hydrogen-bond donors (Lipinski definition) is 1. The minimum absolute atomic E-state index is 0.0810. The minimum Gasteiger partial charge on any atom is -0.491 e. The molecule has 0 fully saturated rings. The highest BCUT2D eigenvalue weighted by Crippen LogP contribution is 2.34. The first-order chi connectivity index (χ1) is 14.4. The number of nitrogens with zero attached hydrogens (tertiary/aromatic N) is 2. The van der Waals surface area contributed by atoms with E-state index in [1.165, 1.54) is 16.0 Å². The molecule has 2 aromatic rings. The Balaban J connectivity index is 1.72. The van der Waals surface area contributed by atoms with Crippen LogP contribution < -0.4 is 4.74 Å². The first-order valence-electron chi connectivity index (χ1n) is 10.9. The molecule has 1 aliphatic heterocycles. The Kier molecular flexibility index (Phi) is 7.92. The number of ether oxygens (including phenoxy) is 1. The van der Waals surface area contributed by atoms with E-state index in [-0.39, 0.29) is 11.9 Å². The maximum absolute atomic E-state index is 13.2. The summed E-state index contributed by atoms with van der Waals surface area (Å²) in [6.45, 7) is 10.8. The molecule has 0 unspecified atom stereocenters. The van der Waals surface area contributed by atoms with Crippen molar-refractivity contribution in [1.82, 2.24) is 9.80 Å². The molecule has 2 atom stereocenters. The van der Waals surface area contributed by atoms with Crippen molar-refractivity contribution in [3.63, 3.8) is 0 Å². The number of fused-ring (bicyclic) bond motifs is 1. The molecule has 3 rings (SSSR count). The van der Waals surface area contributed by atoms with E-state index in [9.17, 15) is 9.90 Å². The fourth-order valence-corrected chi connectivity index (χ4v) is 4.89. The highest BCUT2D eigenvalue weighted by Gasteiger charge is 2.32. The number of carbonyl (C=O) groups excluding carboxylic acids is 1. The van der Waals surface area contributed by atoms with Gasteiger partial charge in [-0.1, -0.05) is 32.9 Å². The second-order valence-corrected chi connectivity index (χ2v) is 9.36. The smallest absolute Gasteiger partial charge is 0.237 e. The molecule has 30 heavy (non-hydrogen) atoms. The second kappa shape index (κ2) is 10.4. The molecule has 1 aromatic heterocycles. The predicted molar refractivity (Wildman–Crippen MR) is 122 cm³/mol. The highest BCUT2D eigenvalue weighted by molar-refractivity contribution is 7.10. The van der Waals surface area contributed by atoms with Crippen LogP contribution in [0.25, 0.3) is 0 Å². The molecule has 0 saturated carbocycles. The van der Waals surface area contributed by atoms with Crippen molar-refractivity contribution >= 4 is 17.2 Å². The summed E-state index contributed by atoms with van der Waals surface area (Å²) >= 11 is 1.76. The summed E-state index contributed by atoms with van der Waals surface area (Å²) in [6.07, 6.45) is 0.441. The molecule has 2 heterocycles. The summed E-state index contributed by atoms with van der Waals surface area (Å²) in [5, 5.41) is 11.8. The fourth-order valence-electron chi connectivity index (χ4n) is 3.96. The summed E-state index contributed by atoms with van der Waals surface area (Å²) in [5.74, 6) is 1.42. The Labute approximate surface area is 184 Å². The van der Waals surface area contributed by atoms with Crippen molar-refractivity contribution in [2.75, 3.05) is 32.8 Å². The number of benzene rings is 1. The zero-order valence-corrected chi connectivity index (χ0v) is 19.3. The van der Waals surface area contributed by atoms with Gasteiger partial charge in [0.05, 0.1) is 18.7 Å². The van der Waals surface area contributed by atoms with Crippen LogP contribution in [0, 0.1) is 0 Å². The largest absolute Gasteiger partial charge is 0.491 e. The van der Waals surface area contributed by atoms with Crippen LogP contribution in [0.1, 0.15) is 55.7 Å². The van der Waals surface area contributed by atoms with Gasteiger partial charge in [0, 0.05) is 18.0 Å². The Bertz CT molecular complexity index is 816.